The number of halogens is 2. The van der Waals surface area contributed by atoms with E-state index in [-0.39, 0.29) is 17.9 Å². The Labute approximate surface area is 149 Å². The first kappa shape index (κ1) is 19.3. The summed E-state index contributed by atoms with van der Waals surface area (Å²) in [6, 6.07) is 9.27. The van der Waals surface area contributed by atoms with Crippen LogP contribution in [0.25, 0.3) is 0 Å². The highest BCUT2D eigenvalue weighted by Crippen LogP contribution is 2.40. The fraction of sp³-hybridized carbons (Fsp3) is 0.278. The Bertz CT molecular complexity index is 767. The molecule has 2 rings (SSSR count). The van der Waals surface area contributed by atoms with Crippen molar-refractivity contribution in [3.05, 3.63) is 42.0 Å². The Hall–Kier alpha value is -3.03. The summed E-state index contributed by atoms with van der Waals surface area (Å²) < 4.78 is 45.1. The lowest BCUT2D eigenvalue weighted by atomic mass is 10.1. The van der Waals surface area contributed by atoms with Crippen molar-refractivity contribution in [3.8, 4) is 23.0 Å². The van der Waals surface area contributed by atoms with Crippen LogP contribution in [0, 0.1) is 0 Å². The second-order valence-corrected chi connectivity index (χ2v) is 5.09. The van der Waals surface area contributed by atoms with Crippen LogP contribution in [0.15, 0.2) is 36.4 Å². The first-order chi connectivity index (χ1) is 12.5. The predicted molar refractivity (Wildman–Crippen MR) is 91.5 cm³/mol. The minimum Gasteiger partial charge on any atom is -0.493 e. The molecule has 2 aromatic rings. The maximum Gasteiger partial charge on any atom is 0.387 e. The van der Waals surface area contributed by atoms with E-state index >= 15 is 0 Å². The molecule has 0 atom stereocenters. The number of hydrogen-bond donors (Lipinski definition) is 1. The zero-order chi connectivity index (χ0) is 19.1. The summed E-state index contributed by atoms with van der Waals surface area (Å²) in [5, 5.41) is 2.56. The van der Waals surface area contributed by atoms with Crippen LogP contribution in [0.4, 0.5) is 14.5 Å². The molecule has 0 aliphatic heterocycles. The molecule has 1 N–H and O–H groups in total. The predicted octanol–water partition coefficient (Wildman–Crippen LogP) is 3.50. The van der Waals surface area contributed by atoms with E-state index in [0.29, 0.717) is 22.8 Å². The number of hydrogen-bond acceptors (Lipinski definition) is 5. The minimum atomic E-state index is -2.99. The molecule has 0 unspecified atom stereocenters. The number of amides is 1. The fourth-order valence-corrected chi connectivity index (χ4v) is 2.44. The second kappa shape index (κ2) is 8.89. The maximum absolute atomic E-state index is 12.5. The molecule has 8 heteroatoms. The van der Waals surface area contributed by atoms with Gasteiger partial charge in [0.15, 0.2) is 11.5 Å². The van der Waals surface area contributed by atoms with E-state index in [4.69, 9.17) is 14.2 Å². The van der Waals surface area contributed by atoms with Gasteiger partial charge in [-0.3, -0.25) is 4.79 Å². The lowest BCUT2D eigenvalue weighted by Gasteiger charge is -2.16. The van der Waals surface area contributed by atoms with Crippen molar-refractivity contribution in [2.45, 2.75) is 13.0 Å². The molecule has 0 spiro atoms. The molecule has 0 aromatic heterocycles. The van der Waals surface area contributed by atoms with Gasteiger partial charge in [-0.1, -0.05) is 18.2 Å². The van der Waals surface area contributed by atoms with Crippen LogP contribution in [0.1, 0.15) is 5.56 Å². The highest BCUT2D eigenvalue weighted by atomic mass is 19.3. The molecule has 26 heavy (non-hydrogen) atoms. The number of carbonyl (C=O) groups excluding carboxylic acids is 1. The zero-order valence-electron chi connectivity index (χ0n) is 14.5. The van der Waals surface area contributed by atoms with Gasteiger partial charge >= 0.3 is 6.61 Å². The standard InChI is InChI=1S/C18H19F2NO5/c1-23-14-9-8-11(16(24-2)17(14)25-3)10-15(22)21-12-6-4-5-7-13(12)26-18(19)20/h4-9,18H,10H2,1-3H3,(H,21,22). The quantitative estimate of drug-likeness (QED) is 0.774. The second-order valence-electron chi connectivity index (χ2n) is 5.09. The van der Waals surface area contributed by atoms with Gasteiger partial charge in [-0.05, 0) is 18.2 Å². The van der Waals surface area contributed by atoms with Crippen molar-refractivity contribution < 1.29 is 32.5 Å². The van der Waals surface area contributed by atoms with Gasteiger partial charge in [-0.25, -0.2) is 0 Å². The molecule has 0 aliphatic rings. The van der Waals surface area contributed by atoms with Crippen molar-refractivity contribution in [2.75, 3.05) is 26.6 Å². The molecule has 140 valence electrons. The molecule has 0 saturated heterocycles. The SMILES string of the molecule is COc1ccc(CC(=O)Nc2ccccc2OC(F)F)c(OC)c1OC. The van der Waals surface area contributed by atoms with Crippen molar-refractivity contribution in [3.63, 3.8) is 0 Å². The lowest BCUT2D eigenvalue weighted by molar-refractivity contribution is -0.115. The minimum absolute atomic E-state index is 0.0630. The third-order valence-electron chi connectivity index (χ3n) is 3.51. The Morgan fingerprint density at radius 1 is 0.962 bits per heavy atom. The zero-order valence-corrected chi connectivity index (χ0v) is 14.5. The van der Waals surface area contributed by atoms with E-state index in [1.165, 1.54) is 39.5 Å². The van der Waals surface area contributed by atoms with Crippen LogP contribution in [0.3, 0.4) is 0 Å². The highest BCUT2D eigenvalue weighted by molar-refractivity contribution is 5.94. The molecule has 0 fully saturated rings. The molecule has 0 saturated carbocycles. The van der Waals surface area contributed by atoms with Crippen molar-refractivity contribution in [1.82, 2.24) is 0 Å². The van der Waals surface area contributed by atoms with Crippen LogP contribution >= 0.6 is 0 Å². The Balaban J connectivity index is 2.21. The Kier molecular flexibility index (Phi) is 6.60. The number of ether oxygens (including phenoxy) is 4. The van der Waals surface area contributed by atoms with Gasteiger partial charge < -0.3 is 24.3 Å². The topological polar surface area (TPSA) is 66.0 Å². The molecular formula is C18H19F2NO5. The molecule has 0 aliphatic carbocycles. The summed E-state index contributed by atoms with van der Waals surface area (Å²) in [6.45, 7) is -2.99. The Morgan fingerprint density at radius 3 is 2.27 bits per heavy atom. The number of methoxy groups -OCH3 is 3. The average Bonchev–Trinajstić information content (AvgIpc) is 2.62. The van der Waals surface area contributed by atoms with E-state index in [1.54, 1.807) is 18.2 Å². The van der Waals surface area contributed by atoms with Gasteiger partial charge in [-0.2, -0.15) is 8.78 Å². The molecule has 1 amide bonds. The van der Waals surface area contributed by atoms with Gasteiger partial charge in [-0.15, -0.1) is 0 Å². The number of rotatable bonds is 8. The number of benzene rings is 2. The number of para-hydroxylation sites is 2. The van der Waals surface area contributed by atoms with Crippen molar-refractivity contribution in [2.24, 2.45) is 0 Å². The summed E-state index contributed by atoms with van der Waals surface area (Å²) in [5.74, 6) is 0.640. The van der Waals surface area contributed by atoms with Gasteiger partial charge in [0.1, 0.15) is 5.75 Å². The van der Waals surface area contributed by atoms with Gasteiger partial charge in [0.2, 0.25) is 11.7 Å². The third kappa shape index (κ3) is 4.53. The van der Waals surface area contributed by atoms with Crippen molar-refractivity contribution in [1.29, 1.82) is 0 Å². The lowest BCUT2D eigenvalue weighted by Crippen LogP contribution is -2.16. The molecular weight excluding hydrogens is 348 g/mol. The van der Waals surface area contributed by atoms with E-state index in [0.717, 1.165) is 0 Å². The summed E-state index contributed by atoms with van der Waals surface area (Å²) in [6.07, 6.45) is -0.0630. The number of anilines is 1. The van der Waals surface area contributed by atoms with Gasteiger partial charge in [0.25, 0.3) is 0 Å². The summed E-state index contributed by atoms with van der Waals surface area (Å²) in [5.41, 5.74) is 0.701. The number of carbonyl (C=O) groups is 1. The van der Waals surface area contributed by atoms with E-state index in [9.17, 15) is 13.6 Å². The summed E-state index contributed by atoms with van der Waals surface area (Å²) in [7, 11) is 4.40. The monoisotopic (exact) mass is 367 g/mol. The van der Waals surface area contributed by atoms with E-state index in [1.807, 2.05) is 0 Å². The van der Waals surface area contributed by atoms with Crippen LogP contribution in [0.5, 0.6) is 23.0 Å². The molecule has 0 radical (unpaired) electrons. The van der Waals surface area contributed by atoms with Crippen LogP contribution in [-0.4, -0.2) is 33.8 Å². The molecule has 0 heterocycles. The summed E-state index contributed by atoms with van der Waals surface area (Å²) >= 11 is 0. The van der Waals surface area contributed by atoms with E-state index in [2.05, 4.69) is 10.1 Å². The average molecular weight is 367 g/mol. The maximum atomic E-state index is 12.5. The first-order valence-corrected chi connectivity index (χ1v) is 7.61. The Morgan fingerprint density at radius 2 is 1.65 bits per heavy atom. The van der Waals surface area contributed by atoms with Gasteiger partial charge in [0.05, 0.1) is 33.4 Å². The van der Waals surface area contributed by atoms with Crippen LogP contribution < -0.4 is 24.3 Å². The van der Waals surface area contributed by atoms with E-state index < -0.39 is 12.5 Å². The first-order valence-electron chi connectivity index (χ1n) is 7.61. The molecule has 0 bridgehead atoms. The third-order valence-corrected chi connectivity index (χ3v) is 3.51. The molecule has 2 aromatic carbocycles. The highest BCUT2D eigenvalue weighted by Gasteiger charge is 2.19. The van der Waals surface area contributed by atoms with Crippen LogP contribution in [-0.2, 0) is 11.2 Å². The smallest absolute Gasteiger partial charge is 0.387 e. The normalized spacial score (nSPS) is 10.4. The summed E-state index contributed by atoms with van der Waals surface area (Å²) in [4.78, 5) is 12.4. The number of alkyl halides is 2. The largest absolute Gasteiger partial charge is 0.493 e. The van der Waals surface area contributed by atoms with Crippen molar-refractivity contribution >= 4 is 11.6 Å². The number of nitrogens with one attached hydrogen (secondary N) is 1. The van der Waals surface area contributed by atoms with Crippen LogP contribution in [0.2, 0.25) is 0 Å². The van der Waals surface area contributed by atoms with Gasteiger partial charge in [0, 0.05) is 5.56 Å². The fourth-order valence-electron chi connectivity index (χ4n) is 2.44. The molecule has 6 nitrogen and oxygen atoms in total.